The van der Waals surface area contributed by atoms with E-state index >= 15 is 0 Å². The molecule has 6 heteroatoms. The van der Waals surface area contributed by atoms with E-state index in [2.05, 4.69) is 25.9 Å². The van der Waals surface area contributed by atoms with Gasteiger partial charge in [-0.3, -0.25) is 0 Å². The highest BCUT2D eigenvalue weighted by Gasteiger charge is 2.22. The fraction of sp³-hybridized carbons (Fsp3) is 0.538. The number of halogens is 1. The van der Waals surface area contributed by atoms with Crippen molar-refractivity contribution >= 4 is 40.0 Å². The van der Waals surface area contributed by atoms with E-state index in [0.29, 0.717) is 6.04 Å². The van der Waals surface area contributed by atoms with E-state index in [4.69, 9.17) is 11.6 Å². The molecule has 102 valence electrons. The number of nitrogens with zero attached hydrogens (tertiary/aromatic N) is 3. The van der Waals surface area contributed by atoms with Gasteiger partial charge in [0.2, 0.25) is 0 Å². The fourth-order valence-electron chi connectivity index (χ4n) is 2.71. The van der Waals surface area contributed by atoms with Crippen LogP contribution in [0.25, 0.3) is 11.0 Å². The lowest BCUT2D eigenvalue weighted by molar-refractivity contribution is 0.424. The molecule has 1 aliphatic heterocycles. The summed E-state index contributed by atoms with van der Waals surface area (Å²) in [5.41, 5.74) is 2.94. The van der Waals surface area contributed by atoms with Crippen LogP contribution in [0, 0.1) is 0 Å². The van der Waals surface area contributed by atoms with Gasteiger partial charge in [0.25, 0.3) is 0 Å². The highest BCUT2D eigenvalue weighted by Crippen LogP contribution is 2.34. The molecular formula is C13H17ClN4S. The first kappa shape index (κ1) is 13.1. The van der Waals surface area contributed by atoms with Gasteiger partial charge in [-0.15, -0.1) is 0 Å². The Morgan fingerprint density at radius 3 is 2.89 bits per heavy atom. The minimum atomic E-state index is 0.632. The summed E-state index contributed by atoms with van der Waals surface area (Å²) in [5.74, 6) is 0. The van der Waals surface area contributed by atoms with Crippen LogP contribution in [0.5, 0.6) is 0 Å². The van der Waals surface area contributed by atoms with Crippen molar-refractivity contribution in [3.63, 3.8) is 0 Å². The van der Waals surface area contributed by atoms with Crippen molar-refractivity contribution in [2.45, 2.75) is 25.8 Å². The van der Waals surface area contributed by atoms with Gasteiger partial charge in [0.15, 0.2) is 0 Å². The van der Waals surface area contributed by atoms with Gasteiger partial charge in [-0.25, -0.2) is 0 Å². The Hall–Kier alpha value is -0.910. The Bertz CT molecular complexity index is 563. The number of hydrogen-bond donors (Lipinski definition) is 1. The number of nitrogens with one attached hydrogen (secondary N) is 1. The topological polar surface area (TPSA) is 41.0 Å². The molecule has 1 aromatic heterocycles. The summed E-state index contributed by atoms with van der Waals surface area (Å²) in [5, 5.41) is 4.30. The molecule has 1 aliphatic rings. The molecule has 1 saturated heterocycles. The van der Waals surface area contributed by atoms with Gasteiger partial charge in [-0.05, 0) is 31.5 Å². The molecule has 0 radical (unpaired) electrons. The van der Waals surface area contributed by atoms with E-state index in [9.17, 15) is 0 Å². The monoisotopic (exact) mass is 296 g/mol. The van der Waals surface area contributed by atoms with Crippen molar-refractivity contribution in [2.75, 3.05) is 24.5 Å². The van der Waals surface area contributed by atoms with Gasteiger partial charge < -0.3 is 10.2 Å². The number of anilines is 1. The van der Waals surface area contributed by atoms with E-state index in [1.165, 1.54) is 11.7 Å². The van der Waals surface area contributed by atoms with Crippen molar-refractivity contribution in [2.24, 2.45) is 0 Å². The summed E-state index contributed by atoms with van der Waals surface area (Å²) in [7, 11) is 0. The molecule has 0 saturated carbocycles. The van der Waals surface area contributed by atoms with E-state index in [1.807, 2.05) is 12.1 Å². The number of rotatable bonds is 3. The Kier molecular flexibility index (Phi) is 3.86. The SMILES string of the molecule is CCNC1CCN(c2c(Cl)ccc3nsnc23)CC1. The van der Waals surface area contributed by atoms with E-state index in [1.54, 1.807) is 0 Å². The van der Waals surface area contributed by atoms with Crippen LogP contribution in [0.15, 0.2) is 12.1 Å². The summed E-state index contributed by atoms with van der Waals surface area (Å²) < 4.78 is 8.69. The second-order valence-electron chi connectivity index (χ2n) is 4.85. The van der Waals surface area contributed by atoms with Gasteiger partial charge in [0, 0.05) is 19.1 Å². The standard InChI is InChI=1S/C13H17ClN4S/c1-2-15-9-5-7-18(8-6-9)13-10(14)3-4-11-12(13)17-19-16-11/h3-4,9,15H,2,5-8H2,1H3. The maximum Gasteiger partial charge on any atom is 0.129 e. The smallest absolute Gasteiger partial charge is 0.129 e. The quantitative estimate of drug-likeness (QED) is 0.945. The maximum atomic E-state index is 6.37. The zero-order valence-electron chi connectivity index (χ0n) is 10.9. The predicted octanol–water partition coefficient (Wildman–Crippen LogP) is 2.92. The number of benzene rings is 1. The van der Waals surface area contributed by atoms with Crippen molar-refractivity contribution in [1.82, 2.24) is 14.1 Å². The van der Waals surface area contributed by atoms with Crippen LogP contribution in [-0.2, 0) is 0 Å². The van der Waals surface area contributed by atoms with E-state index in [-0.39, 0.29) is 0 Å². The van der Waals surface area contributed by atoms with Crippen LogP contribution in [0.2, 0.25) is 5.02 Å². The second-order valence-corrected chi connectivity index (χ2v) is 5.78. The summed E-state index contributed by atoms with van der Waals surface area (Å²) in [6.45, 7) is 5.24. The average Bonchev–Trinajstić information content (AvgIpc) is 2.88. The number of fused-ring (bicyclic) bond motifs is 1. The lowest BCUT2D eigenvalue weighted by Gasteiger charge is -2.34. The van der Waals surface area contributed by atoms with Crippen molar-refractivity contribution in [3.05, 3.63) is 17.2 Å². The molecular weight excluding hydrogens is 280 g/mol. The molecule has 1 aromatic carbocycles. The summed E-state index contributed by atoms with van der Waals surface area (Å²) in [6.07, 6.45) is 2.30. The van der Waals surface area contributed by atoms with Crippen LogP contribution in [0.4, 0.5) is 5.69 Å². The number of aromatic nitrogens is 2. The Labute approximate surface area is 122 Å². The van der Waals surface area contributed by atoms with Gasteiger partial charge in [0.05, 0.1) is 22.4 Å². The lowest BCUT2D eigenvalue weighted by atomic mass is 10.0. The molecule has 1 fully saturated rings. The molecule has 19 heavy (non-hydrogen) atoms. The minimum absolute atomic E-state index is 0.632. The predicted molar refractivity (Wildman–Crippen MR) is 81.3 cm³/mol. The molecule has 1 N–H and O–H groups in total. The van der Waals surface area contributed by atoms with Gasteiger partial charge in [-0.2, -0.15) is 8.75 Å². The van der Waals surface area contributed by atoms with Crippen LogP contribution in [0.1, 0.15) is 19.8 Å². The Morgan fingerprint density at radius 2 is 2.16 bits per heavy atom. The van der Waals surface area contributed by atoms with Gasteiger partial charge in [0.1, 0.15) is 11.0 Å². The van der Waals surface area contributed by atoms with Gasteiger partial charge in [-0.1, -0.05) is 18.5 Å². The summed E-state index contributed by atoms with van der Waals surface area (Å²) in [4.78, 5) is 2.35. The molecule has 0 spiro atoms. The molecule has 0 amide bonds. The van der Waals surface area contributed by atoms with Crippen molar-refractivity contribution < 1.29 is 0 Å². The van der Waals surface area contributed by atoms with Gasteiger partial charge >= 0.3 is 0 Å². The zero-order chi connectivity index (χ0) is 13.2. The fourth-order valence-corrected chi connectivity index (χ4v) is 3.52. The molecule has 0 bridgehead atoms. The molecule has 0 atom stereocenters. The third kappa shape index (κ3) is 2.55. The van der Waals surface area contributed by atoms with Crippen molar-refractivity contribution in [1.29, 1.82) is 0 Å². The normalized spacial score (nSPS) is 17.3. The first-order valence-electron chi connectivity index (χ1n) is 6.68. The van der Waals surface area contributed by atoms with Crippen LogP contribution in [0.3, 0.4) is 0 Å². The largest absolute Gasteiger partial charge is 0.368 e. The summed E-state index contributed by atoms with van der Waals surface area (Å²) >= 11 is 7.62. The van der Waals surface area contributed by atoms with Crippen LogP contribution < -0.4 is 10.2 Å². The lowest BCUT2D eigenvalue weighted by Crippen LogP contribution is -2.42. The molecule has 3 rings (SSSR count). The third-order valence-corrected chi connectivity index (χ3v) is 4.50. The highest BCUT2D eigenvalue weighted by atomic mass is 35.5. The maximum absolute atomic E-state index is 6.37. The first-order chi connectivity index (χ1) is 9.29. The third-order valence-electron chi connectivity index (χ3n) is 3.66. The molecule has 2 heterocycles. The highest BCUT2D eigenvalue weighted by molar-refractivity contribution is 7.00. The van der Waals surface area contributed by atoms with Crippen LogP contribution >= 0.6 is 23.3 Å². The van der Waals surface area contributed by atoms with E-state index in [0.717, 1.165) is 54.2 Å². The molecule has 0 unspecified atom stereocenters. The second kappa shape index (κ2) is 5.61. The Balaban J connectivity index is 1.85. The average molecular weight is 297 g/mol. The van der Waals surface area contributed by atoms with Crippen LogP contribution in [-0.4, -0.2) is 34.4 Å². The molecule has 0 aliphatic carbocycles. The zero-order valence-corrected chi connectivity index (χ0v) is 12.5. The van der Waals surface area contributed by atoms with E-state index < -0.39 is 0 Å². The summed E-state index contributed by atoms with van der Waals surface area (Å²) in [6, 6.07) is 4.50. The first-order valence-corrected chi connectivity index (χ1v) is 7.79. The number of piperidine rings is 1. The van der Waals surface area contributed by atoms with Crippen molar-refractivity contribution in [3.8, 4) is 0 Å². The Morgan fingerprint density at radius 1 is 1.37 bits per heavy atom. The molecule has 4 nitrogen and oxygen atoms in total. The molecule has 2 aromatic rings. The number of hydrogen-bond acceptors (Lipinski definition) is 5. The minimum Gasteiger partial charge on any atom is -0.368 e.